The molecule has 0 radical (unpaired) electrons. The number of carbonyl (C=O) groups is 2. The zero-order chi connectivity index (χ0) is 21.9. The van der Waals surface area contributed by atoms with Gasteiger partial charge in [0.1, 0.15) is 11.3 Å². The number of hydrogen-bond donors (Lipinski definition) is 1. The minimum absolute atomic E-state index is 0.313. The van der Waals surface area contributed by atoms with Crippen molar-refractivity contribution >= 4 is 11.8 Å². The van der Waals surface area contributed by atoms with E-state index in [9.17, 15) is 22.8 Å². The number of aromatic nitrogens is 3. The molecule has 30 heavy (non-hydrogen) atoms. The third-order valence-electron chi connectivity index (χ3n) is 4.68. The van der Waals surface area contributed by atoms with Crippen LogP contribution in [0.1, 0.15) is 23.7 Å². The molecule has 13 heteroatoms. The number of nitrogens with one attached hydrogen (secondary N) is 1. The zero-order valence-corrected chi connectivity index (χ0v) is 16.5. The summed E-state index contributed by atoms with van der Waals surface area (Å²) in [5.41, 5.74) is 1.30. The highest BCUT2D eigenvalue weighted by atomic mass is 19.4. The Labute approximate surface area is 169 Å². The van der Waals surface area contributed by atoms with Gasteiger partial charge >= 0.3 is 12.1 Å². The molecule has 0 bridgehead atoms. The summed E-state index contributed by atoms with van der Waals surface area (Å²) in [7, 11) is 0. The van der Waals surface area contributed by atoms with Gasteiger partial charge in [-0.25, -0.2) is 0 Å². The fourth-order valence-corrected chi connectivity index (χ4v) is 3.15. The fraction of sp³-hybridized carbons (Fsp3) is 0.588. The SMILES string of the molecule is Cc1noc(C)c1-c1nc(CN2CCCN(C(=O)CNC(=O)C(F)(F)F)CC2)no1. The van der Waals surface area contributed by atoms with Gasteiger partial charge in [0.25, 0.3) is 5.89 Å². The largest absolute Gasteiger partial charge is 0.471 e. The normalized spacial score (nSPS) is 15.8. The van der Waals surface area contributed by atoms with Crippen molar-refractivity contribution in [2.24, 2.45) is 0 Å². The number of carbonyl (C=O) groups excluding carboxylic acids is 2. The predicted octanol–water partition coefficient (Wildman–Crippen LogP) is 1.05. The molecule has 1 aliphatic rings. The molecular formula is C17H21F3N6O4. The first-order chi connectivity index (χ1) is 14.1. The molecule has 1 fully saturated rings. The van der Waals surface area contributed by atoms with Crippen LogP contribution in [0, 0.1) is 13.8 Å². The van der Waals surface area contributed by atoms with Crippen LogP contribution < -0.4 is 5.32 Å². The van der Waals surface area contributed by atoms with Crippen molar-refractivity contribution < 1.29 is 31.8 Å². The Bertz CT molecular complexity index is 890. The molecule has 164 valence electrons. The molecule has 0 spiro atoms. The second-order valence-corrected chi connectivity index (χ2v) is 6.91. The maximum atomic E-state index is 12.2. The van der Waals surface area contributed by atoms with Crippen LogP contribution in [0.25, 0.3) is 11.5 Å². The Balaban J connectivity index is 1.52. The number of rotatable bonds is 5. The Morgan fingerprint density at radius 3 is 2.53 bits per heavy atom. The minimum atomic E-state index is -5.01. The van der Waals surface area contributed by atoms with Crippen molar-refractivity contribution in [1.82, 2.24) is 30.4 Å². The fourth-order valence-electron chi connectivity index (χ4n) is 3.15. The first-order valence-electron chi connectivity index (χ1n) is 9.26. The van der Waals surface area contributed by atoms with Gasteiger partial charge < -0.3 is 19.3 Å². The summed E-state index contributed by atoms with van der Waals surface area (Å²) in [5, 5.41) is 9.43. The van der Waals surface area contributed by atoms with E-state index in [2.05, 4.69) is 15.3 Å². The molecule has 0 unspecified atom stereocenters. The number of nitrogens with zero attached hydrogens (tertiary/aromatic N) is 5. The number of alkyl halides is 3. The third kappa shape index (κ3) is 5.14. The van der Waals surface area contributed by atoms with Gasteiger partial charge in [-0.1, -0.05) is 10.3 Å². The van der Waals surface area contributed by atoms with Gasteiger partial charge in [-0.05, 0) is 20.3 Å². The summed E-state index contributed by atoms with van der Waals surface area (Å²) in [6, 6.07) is 0. The van der Waals surface area contributed by atoms with Crippen LogP contribution in [0.3, 0.4) is 0 Å². The second-order valence-electron chi connectivity index (χ2n) is 6.91. The van der Waals surface area contributed by atoms with Gasteiger partial charge in [0.2, 0.25) is 5.91 Å². The molecule has 0 saturated carbocycles. The Kier molecular flexibility index (Phi) is 6.39. The highest BCUT2D eigenvalue weighted by Crippen LogP contribution is 2.25. The third-order valence-corrected chi connectivity index (χ3v) is 4.68. The van der Waals surface area contributed by atoms with E-state index in [1.807, 2.05) is 4.90 Å². The van der Waals surface area contributed by atoms with Gasteiger partial charge in [-0.2, -0.15) is 18.2 Å². The molecule has 0 aromatic carbocycles. The molecule has 0 atom stereocenters. The van der Waals surface area contributed by atoms with Crippen LogP contribution >= 0.6 is 0 Å². The van der Waals surface area contributed by atoms with Gasteiger partial charge in [0.15, 0.2) is 5.82 Å². The molecule has 2 aromatic rings. The second kappa shape index (κ2) is 8.81. The zero-order valence-electron chi connectivity index (χ0n) is 16.5. The monoisotopic (exact) mass is 430 g/mol. The highest BCUT2D eigenvalue weighted by Gasteiger charge is 2.38. The van der Waals surface area contributed by atoms with E-state index in [1.165, 1.54) is 4.90 Å². The Morgan fingerprint density at radius 1 is 1.10 bits per heavy atom. The van der Waals surface area contributed by atoms with Crippen LogP contribution in [-0.2, 0) is 16.1 Å². The average molecular weight is 430 g/mol. The first kappa shape index (κ1) is 21.7. The lowest BCUT2D eigenvalue weighted by molar-refractivity contribution is -0.174. The van der Waals surface area contributed by atoms with Crippen molar-refractivity contribution in [3.8, 4) is 11.5 Å². The van der Waals surface area contributed by atoms with Crippen LogP contribution in [0.4, 0.5) is 13.2 Å². The number of aryl methyl sites for hydroxylation is 2. The molecule has 2 aromatic heterocycles. The van der Waals surface area contributed by atoms with Crippen LogP contribution in [0.5, 0.6) is 0 Å². The van der Waals surface area contributed by atoms with E-state index >= 15 is 0 Å². The summed E-state index contributed by atoms with van der Waals surface area (Å²) in [6.07, 6.45) is -4.39. The van der Waals surface area contributed by atoms with Gasteiger partial charge in [-0.15, -0.1) is 0 Å². The average Bonchev–Trinajstić information content (AvgIpc) is 3.17. The molecule has 1 aliphatic heterocycles. The van der Waals surface area contributed by atoms with Gasteiger partial charge in [0.05, 0.1) is 18.8 Å². The summed E-state index contributed by atoms with van der Waals surface area (Å²) in [4.78, 5) is 30.8. The van der Waals surface area contributed by atoms with Crippen molar-refractivity contribution in [3.05, 3.63) is 17.3 Å². The topological polar surface area (TPSA) is 118 Å². The molecule has 0 aliphatic carbocycles. The quantitative estimate of drug-likeness (QED) is 0.748. The van der Waals surface area contributed by atoms with Crippen molar-refractivity contribution in [2.75, 3.05) is 32.7 Å². The Hall–Kier alpha value is -2.96. The van der Waals surface area contributed by atoms with Crippen LogP contribution in [0.2, 0.25) is 0 Å². The maximum Gasteiger partial charge on any atom is 0.471 e. The van der Waals surface area contributed by atoms with E-state index in [0.717, 1.165) is 0 Å². The lowest BCUT2D eigenvalue weighted by Crippen LogP contribution is -2.45. The van der Waals surface area contributed by atoms with Crippen molar-refractivity contribution in [2.45, 2.75) is 33.0 Å². The van der Waals surface area contributed by atoms with Crippen LogP contribution in [0.15, 0.2) is 9.05 Å². The Morgan fingerprint density at radius 2 is 1.87 bits per heavy atom. The van der Waals surface area contributed by atoms with Crippen molar-refractivity contribution in [3.63, 3.8) is 0 Å². The highest BCUT2D eigenvalue weighted by molar-refractivity contribution is 5.87. The number of halogens is 3. The lowest BCUT2D eigenvalue weighted by Gasteiger charge is -2.21. The van der Waals surface area contributed by atoms with Gasteiger partial charge in [0, 0.05) is 26.2 Å². The first-order valence-corrected chi connectivity index (χ1v) is 9.26. The molecule has 2 amide bonds. The minimum Gasteiger partial charge on any atom is -0.361 e. The van der Waals surface area contributed by atoms with E-state index in [0.29, 0.717) is 67.9 Å². The van der Waals surface area contributed by atoms with E-state index in [-0.39, 0.29) is 0 Å². The summed E-state index contributed by atoms with van der Waals surface area (Å²) < 4.78 is 47.1. The standard InChI is InChI=1S/C17H21F3N6O4/c1-10-14(11(2)29-23-10)15-22-12(24-30-15)9-25-4-3-5-26(7-6-25)13(27)8-21-16(28)17(18,19)20/h3-9H2,1-2H3,(H,21,28). The number of amides is 2. The van der Waals surface area contributed by atoms with E-state index < -0.39 is 24.5 Å². The van der Waals surface area contributed by atoms with Gasteiger partial charge in [-0.3, -0.25) is 14.5 Å². The van der Waals surface area contributed by atoms with Crippen molar-refractivity contribution in [1.29, 1.82) is 0 Å². The lowest BCUT2D eigenvalue weighted by atomic mass is 10.2. The van der Waals surface area contributed by atoms with E-state index in [4.69, 9.17) is 9.05 Å². The molecule has 3 heterocycles. The molecular weight excluding hydrogens is 409 g/mol. The molecule has 3 rings (SSSR count). The van der Waals surface area contributed by atoms with E-state index in [1.54, 1.807) is 19.2 Å². The summed E-state index contributed by atoms with van der Waals surface area (Å²) in [6.45, 7) is 5.04. The summed E-state index contributed by atoms with van der Waals surface area (Å²) in [5.74, 6) is -1.34. The summed E-state index contributed by atoms with van der Waals surface area (Å²) >= 11 is 0. The smallest absolute Gasteiger partial charge is 0.361 e. The predicted molar refractivity (Wildman–Crippen MR) is 94.8 cm³/mol. The van der Waals surface area contributed by atoms with Crippen LogP contribution in [-0.4, -0.2) is 75.8 Å². The number of hydrogen-bond acceptors (Lipinski definition) is 8. The molecule has 10 nitrogen and oxygen atoms in total. The molecule has 1 saturated heterocycles. The molecule has 1 N–H and O–H groups in total. The maximum absolute atomic E-state index is 12.2.